The molecule has 0 aliphatic rings. The van der Waals surface area contributed by atoms with Crippen molar-refractivity contribution in [3.05, 3.63) is 198 Å². The molecule has 68 heavy (non-hydrogen) atoms. The van der Waals surface area contributed by atoms with E-state index in [1.165, 1.54) is 33.6 Å². The predicted molar refractivity (Wildman–Crippen MR) is 277 cm³/mol. The van der Waals surface area contributed by atoms with Crippen LogP contribution in [0.2, 0.25) is 0 Å². The molecule has 0 saturated carbocycles. The minimum atomic E-state index is -0.263. The van der Waals surface area contributed by atoms with Crippen molar-refractivity contribution < 1.29 is 30.4 Å². The number of hydrogen-bond donors (Lipinski definition) is 0. The number of benzene rings is 6. The van der Waals surface area contributed by atoms with Crippen molar-refractivity contribution in [2.24, 2.45) is 0 Å². The van der Waals surface area contributed by atoms with E-state index in [4.69, 9.17) is 9.72 Å². The molecule has 9 rings (SSSR count). The molecule has 5 nitrogen and oxygen atoms in total. The zero-order valence-corrected chi connectivity index (χ0v) is 44.2. The summed E-state index contributed by atoms with van der Waals surface area (Å²) in [6, 6.07) is 57.2. The second-order valence-corrected chi connectivity index (χ2v) is 22.1. The van der Waals surface area contributed by atoms with E-state index in [-0.39, 0.29) is 42.7 Å². The van der Waals surface area contributed by atoms with Crippen LogP contribution < -0.4 is 9.30 Å². The first-order chi connectivity index (χ1) is 31.7. The maximum Gasteiger partial charge on any atom is 0.267 e. The van der Waals surface area contributed by atoms with Gasteiger partial charge < -0.3 is 13.9 Å². The molecule has 0 atom stereocenters. The average molecular weight is 1080 g/mol. The molecule has 3 aromatic heterocycles. The largest absolute Gasteiger partial charge is 0.510 e. The number of para-hydroxylation sites is 1. The first-order valence-electron chi connectivity index (χ1n) is 23.7. The zero-order chi connectivity index (χ0) is 47.6. The van der Waals surface area contributed by atoms with Crippen LogP contribution in [0.3, 0.4) is 0 Å². The van der Waals surface area contributed by atoms with Gasteiger partial charge in [-0.05, 0) is 91.4 Å². The Bertz CT molecular complexity index is 3280. The Balaban J connectivity index is 0.00000625. The molecule has 0 fully saturated rings. The summed E-state index contributed by atoms with van der Waals surface area (Å²) in [5.41, 5.74) is 12.7. The number of nitrogens with zero attached hydrogens (tertiary/aromatic N) is 4. The van der Waals surface area contributed by atoms with Gasteiger partial charge in [-0.2, -0.15) is 12.1 Å². The molecule has 6 aromatic carbocycles. The maximum atomic E-state index is 7.02. The van der Waals surface area contributed by atoms with E-state index < -0.39 is 0 Å². The van der Waals surface area contributed by atoms with Crippen molar-refractivity contribution in [1.29, 1.82) is 0 Å². The molecule has 0 bridgehead atoms. The van der Waals surface area contributed by atoms with E-state index in [1.807, 2.05) is 12.3 Å². The number of imidazole rings is 1. The Morgan fingerprint density at radius 2 is 1.28 bits per heavy atom. The van der Waals surface area contributed by atoms with Gasteiger partial charge in [0.2, 0.25) is 0 Å². The first kappa shape index (κ1) is 48.4. The summed E-state index contributed by atoms with van der Waals surface area (Å²) >= 11 is 0. The van der Waals surface area contributed by atoms with Gasteiger partial charge in [0.25, 0.3) is 6.33 Å². The summed E-state index contributed by atoms with van der Waals surface area (Å²) < 4.78 is 13.8. The smallest absolute Gasteiger partial charge is 0.267 e. The van der Waals surface area contributed by atoms with Gasteiger partial charge in [0.05, 0.1) is 17.1 Å². The Kier molecular flexibility index (Phi) is 12.9. The molecule has 0 saturated heterocycles. The fourth-order valence-electron chi connectivity index (χ4n) is 9.63. The van der Waals surface area contributed by atoms with E-state index in [0.29, 0.717) is 17.4 Å². The van der Waals surface area contributed by atoms with Crippen molar-refractivity contribution >= 4 is 21.8 Å². The Morgan fingerprint density at radius 1 is 0.588 bits per heavy atom. The maximum absolute atomic E-state index is 7.02. The fraction of sp³-hybridized carbons (Fsp3) is 0.290. The molecular formula is C62H64N4OPt-2. The van der Waals surface area contributed by atoms with E-state index >= 15 is 0 Å². The minimum Gasteiger partial charge on any atom is -0.510 e. The molecule has 0 radical (unpaired) electrons. The summed E-state index contributed by atoms with van der Waals surface area (Å²) in [5.74, 6) is 2.32. The van der Waals surface area contributed by atoms with Gasteiger partial charge in [0.15, 0.2) is 0 Å². The van der Waals surface area contributed by atoms with Crippen LogP contribution in [0.25, 0.3) is 50.1 Å². The number of ether oxygens (including phenoxy) is 1. The van der Waals surface area contributed by atoms with Gasteiger partial charge in [0.1, 0.15) is 5.82 Å². The Labute approximate surface area is 419 Å². The van der Waals surface area contributed by atoms with Gasteiger partial charge in [-0.3, -0.25) is 4.57 Å². The molecule has 0 spiro atoms. The number of hydrogen-bond acceptors (Lipinski definition) is 2. The summed E-state index contributed by atoms with van der Waals surface area (Å²) in [6.45, 7) is 29.6. The average Bonchev–Trinajstić information content (AvgIpc) is 3.87. The van der Waals surface area contributed by atoms with Crippen LogP contribution >= 0.6 is 0 Å². The summed E-state index contributed by atoms with van der Waals surface area (Å²) in [5, 5.41) is 2.21. The number of aromatic nitrogens is 4. The SMILES string of the molecule is CC(C)c1ccccc1-c1cc(Oc2[c-]c3c(cc2)c2ccccc2n3-c2cc(C(C)(C)c3ccccc3)ccn2)[c-]c(-n2[c-][n+](-c3cccc(C(C)(C)C)c3)c(C(C)(C)C)c2C(C)(C)C)c1.[Pt]. The molecular weight excluding hydrogens is 1010 g/mol. The molecule has 3 heterocycles. The van der Waals surface area contributed by atoms with Crippen LogP contribution in [-0.2, 0) is 42.7 Å². The molecule has 0 aliphatic carbocycles. The van der Waals surface area contributed by atoms with Crippen molar-refractivity contribution in [3.63, 3.8) is 0 Å². The van der Waals surface area contributed by atoms with Crippen molar-refractivity contribution in [3.8, 4) is 39.8 Å². The molecule has 9 aromatic rings. The van der Waals surface area contributed by atoms with Crippen LogP contribution in [0.4, 0.5) is 0 Å². The quantitative estimate of drug-likeness (QED) is 0.107. The van der Waals surface area contributed by atoms with Gasteiger partial charge in [-0.25, -0.2) is 4.98 Å². The molecule has 350 valence electrons. The van der Waals surface area contributed by atoms with Crippen molar-refractivity contribution in [1.82, 2.24) is 14.1 Å². The van der Waals surface area contributed by atoms with E-state index in [1.54, 1.807) is 0 Å². The minimum absolute atomic E-state index is 0. The van der Waals surface area contributed by atoms with Crippen LogP contribution in [0.1, 0.15) is 130 Å². The van der Waals surface area contributed by atoms with Gasteiger partial charge in [-0.1, -0.05) is 180 Å². The third kappa shape index (κ3) is 9.15. The van der Waals surface area contributed by atoms with E-state index in [9.17, 15) is 0 Å². The summed E-state index contributed by atoms with van der Waals surface area (Å²) in [6.07, 6.45) is 5.82. The number of pyridine rings is 1. The Hall–Kier alpha value is -6.03. The first-order valence-corrected chi connectivity index (χ1v) is 23.7. The molecule has 0 aliphatic heterocycles. The second kappa shape index (κ2) is 18.1. The second-order valence-electron chi connectivity index (χ2n) is 22.1. The van der Waals surface area contributed by atoms with Gasteiger partial charge in [0, 0.05) is 49.7 Å². The van der Waals surface area contributed by atoms with E-state index in [0.717, 1.165) is 50.1 Å². The third-order valence-corrected chi connectivity index (χ3v) is 13.2. The van der Waals surface area contributed by atoms with Crippen LogP contribution in [0.15, 0.2) is 146 Å². The summed E-state index contributed by atoms with van der Waals surface area (Å²) in [7, 11) is 0. The van der Waals surface area contributed by atoms with Crippen LogP contribution in [-0.4, -0.2) is 14.1 Å². The molecule has 6 heteroatoms. The molecule has 0 amide bonds. The molecule has 0 unspecified atom stereocenters. The standard InChI is InChI=1S/C62H64N4O.Pt/c1-41(2)50-26-17-18-27-51(50)42-34-47(65-40-64(46-25-21-24-44(36-46)59(3,4)5)57(60(6,7)8)58(65)61(9,10)11)38-49(35-42)67-48-30-31-53-52-28-19-20-29-54(52)66(55(53)39-48)56-37-45(32-33-63-56)62(12,13)43-22-15-14-16-23-43;/h14-37,41H,1-13H3;/q-2;. The monoisotopic (exact) mass is 1080 g/mol. The summed E-state index contributed by atoms with van der Waals surface area (Å²) in [4.78, 5) is 5.00. The van der Waals surface area contributed by atoms with Crippen molar-refractivity contribution in [2.45, 2.75) is 118 Å². The van der Waals surface area contributed by atoms with Gasteiger partial charge in [-0.15, -0.1) is 35.2 Å². The van der Waals surface area contributed by atoms with Crippen LogP contribution in [0.5, 0.6) is 11.5 Å². The van der Waals surface area contributed by atoms with Gasteiger partial charge >= 0.3 is 0 Å². The number of rotatable bonds is 9. The third-order valence-electron chi connectivity index (χ3n) is 13.2. The van der Waals surface area contributed by atoms with Crippen LogP contribution in [0, 0.1) is 18.5 Å². The predicted octanol–water partition coefficient (Wildman–Crippen LogP) is 15.4. The van der Waals surface area contributed by atoms with Crippen molar-refractivity contribution in [2.75, 3.05) is 0 Å². The zero-order valence-electron chi connectivity index (χ0n) is 41.9. The Morgan fingerprint density at radius 3 is 1.99 bits per heavy atom. The topological polar surface area (TPSA) is 35.9 Å². The van der Waals surface area contributed by atoms with E-state index in [2.05, 4.69) is 256 Å². The normalized spacial score (nSPS) is 12.5. The molecule has 0 N–H and O–H groups in total. The number of fused-ring (bicyclic) bond motifs is 3. The fourth-order valence-corrected chi connectivity index (χ4v) is 9.63.